The Bertz CT molecular complexity index is 390. The monoisotopic (exact) mass is 265 g/mol. The lowest BCUT2D eigenvalue weighted by Gasteiger charge is -2.24. The Kier molecular flexibility index (Phi) is 4.97. The molecule has 1 aromatic heterocycles. The van der Waals surface area contributed by atoms with Crippen molar-refractivity contribution < 1.29 is 4.52 Å². The molecule has 1 aliphatic rings. The van der Waals surface area contributed by atoms with Gasteiger partial charge >= 0.3 is 0 Å². The van der Waals surface area contributed by atoms with Crippen molar-refractivity contribution >= 4 is 0 Å². The second-order valence-electron chi connectivity index (χ2n) is 6.09. The van der Waals surface area contributed by atoms with Gasteiger partial charge in [0, 0.05) is 12.0 Å². The third kappa shape index (κ3) is 3.56. The Balaban J connectivity index is 2.01. The van der Waals surface area contributed by atoms with E-state index in [0.717, 1.165) is 24.2 Å². The summed E-state index contributed by atoms with van der Waals surface area (Å²) in [6.07, 6.45) is 5.05. The summed E-state index contributed by atoms with van der Waals surface area (Å²) < 4.78 is 5.48. The molecule has 1 heterocycles. The van der Waals surface area contributed by atoms with Crippen molar-refractivity contribution in [3.8, 4) is 0 Å². The zero-order chi connectivity index (χ0) is 13.8. The average Bonchev–Trinajstić information content (AvgIpc) is 2.87. The highest BCUT2D eigenvalue weighted by Gasteiger charge is 2.26. The third-order valence-corrected chi connectivity index (χ3v) is 4.42. The van der Waals surface area contributed by atoms with Crippen LogP contribution in [0.15, 0.2) is 4.52 Å². The zero-order valence-corrected chi connectivity index (χ0v) is 12.6. The number of hydrogen-bond donors (Lipinski definition) is 1. The largest absolute Gasteiger partial charge is 0.339 e. The fraction of sp³-hybridized carbons (Fsp3) is 0.867. The predicted octanol–water partition coefficient (Wildman–Crippen LogP) is 3.46. The topological polar surface area (TPSA) is 51.0 Å². The molecule has 4 heteroatoms. The molecule has 4 nitrogen and oxygen atoms in total. The van der Waals surface area contributed by atoms with Crippen LogP contribution >= 0.6 is 0 Å². The van der Waals surface area contributed by atoms with Gasteiger partial charge in [-0.05, 0) is 32.2 Å². The van der Waals surface area contributed by atoms with Gasteiger partial charge in [0.25, 0.3) is 0 Å². The lowest BCUT2D eigenvalue weighted by atomic mass is 9.82. The molecule has 1 fully saturated rings. The van der Waals surface area contributed by atoms with Crippen LogP contribution in [-0.2, 0) is 0 Å². The van der Waals surface area contributed by atoms with Crippen molar-refractivity contribution in [3.63, 3.8) is 0 Å². The molecule has 2 rings (SSSR count). The minimum atomic E-state index is 0.266. The molecule has 0 radical (unpaired) electrons. The van der Waals surface area contributed by atoms with Crippen molar-refractivity contribution in [1.29, 1.82) is 0 Å². The van der Waals surface area contributed by atoms with Crippen LogP contribution in [-0.4, -0.2) is 22.7 Å². The van der Waals surface area contributed by atoms with Gasteiger partial charge in [-0.25, -0.2) is 0 Å². The van der Waals surface area contributed by atoms with E-state index in [4.69, 9.17) is 4.52 Å². The second kappa shape index (κ2) is 6.51. The van der Waals surface area contributed by atoms with Crippen molar-refractivity contribution in [2.24, 2.45) is 5.92 Å². The Hall–Kier alpha value is -0.900. The molecular weight excluding hydrogens is 238 g/mol. The zero-order valence-electron chi connectivity index (χ0n) is 12.6. The summed E-state index contributed by atoms with van der Waals surface area (Å²) in [6.45, 7) is 9.72. The van der Waals surface area contributed by atoms with E-state index in [0.29, 0.717) is 12.0 Å². The van der Waals surface area contributed by atoms with E-state index in [1.165, 1.54) is 25.7 Å². The minimum Gasteiger partial charge on any atom is -0.339 e. The van der Waals surface area contributed by atoms with Crippen molar-refractivity contribution in [1.82, 2.24) is 15.5 Å². The fourth-order valence-corrected chi connectivity index (χ4v) is 2.98. The quantitative estimate of drug-likeness (QED) is 0.885. The summed E-state index contributed by atoms with van der Waals surface area (Å²) >= 11 is 0. The van der Waals surface area contributed by atoms with Gasteiger partial charge < -0.3 is 9.84 Å². The van der Waals surface area contributed by atoms with Gasteiger partial charge in [-0.2, -0.15) is 4.98 Å². The summed E-state index contributed by atoms with van der Waals surface area (Å²) in [5.41, 5.74) is 0. The molecule has 1 saturated carbocycles. The van der Waals surface area contributed by atoms with Gasteiger partial charge in [0.15, 0.2) is 5.82 Å². The Morgan fingerprint density at radius 2 is 2.16 bits per heavy atom. The second-order valence-corrected chi connectivity index (χ2v) is 6.09. The molecule has 0 aromatic carbocycles. The van der Waals surface area contributed by atoms with Crippen LogP contribution in [0.5, 0.6) is 0 Å². The van der Waals surface area contributed by atoms with E-state index in [1.54, 1.807) is 0 Å². The van der Waals surface area contributed by atoms with Crippen molar-refractivity contribution in [2.75, 3.05) is 6.54 Å². The van der Waals surface area contributed by atoms with Crippen LogP contribution in [0.1, 0.15) is 76.9 Å². The maximum absolute atomic E-state index is 5.48. The SMILES string of the molecule is CCNC(C)C(C)c1nc(C2CCCC(C)C2)no1. The van der Waals surface area contributed by atoms with E-state index in [1.807, 2.05) is 0 Å². The maximum Gasteiger partial charge on any atom is 0.231 e. The van der Waals surface area contributed by atoms with Gasteiger partial charge in [-0.15, -0.1) is 0 Å². The fourth-order valence-electron chi connectivity index (χ4n) is 2.98. The summed E-state index contributed by atoms with van der Waals surface area (Å²) in [5.74, 6) is 3.27. The van der Waals surface area contributed by atoms with Crippen LogP contribution in [0.4, 0.5) is 0 Å². The van der Waals surface area contributed by atoms with E-state index >= 15 is 0 Å². The summed E-state index contributed by atoms with van der Waals surface area (Å²) in [5, 5.41) is 7.64. The Morgan fingerprint density at radius 1 is 1.37 bits per heavy atom. The number of rotatable bonds is 5. The first-order valence-electron chi connectivity index (χ1n) is 7.68. The summed E-state index contributed by atoms with van der Waals surface area (Å²) in [7, 11) is 0. The first-order valence-corrected chi connectivity index (χ1v) is 7.68. The molecule has 0 spiro atoms. The maximum atomic E-state index is 5.48. The van der Waals surface area contributed by atoms with E-state index in [9.17, 15) is 0 Å². The smallest absolute Gasteiger partial charge is 0.231 e. The number of hydrogen-bond acceptors (Lipinski definition) is 4. The van der Waals surface area contributed by atoms with Crippen molar-refractivity contribution in [3.05, 3.63) is 11.7 Å². The van der Waals surface area contributed by atoms with E-state index in [-0.39, 0.29) is 5.92 Å². The highest BCUT2D eigenvalue weighted by atomic mass is 16.5. The van der Waals surface area contributed by atoms with Crippen molar-refractivity contribution in [2.45, 2.75) is 71.3 Å². The molecule has 1 N–H and O–H groups in total. The molecule has 4 unspecified atom stereocenters. The van der Waals surface area contributed by atoms with Gasteiger partial charge in [0.05, 0.1) is 5.92 Å². The Labute approximate surface area is 116 Å². The number of nitrogens with one attached hydrogen (secondary N) is 1. The van der Waals surface area contributed by atoms with Gasteiger partial charge in [0.1, 0.15) is 0 Å². The predicted molar refractivity (Wildman–Crippen MR) is 76.2 cm³/mol. The lowest BCUT2D eigenvalue weighted by molar-refractivity contribution is 0.309. The molecule has 0 aliphatic heterocycles. The first-order chi connectivity index (χ1) is 9.11. The number of aromatic nitrogens is 2. The number of likely N-dealkylation sites (N-methyl/N-ethyl adjacent to an activating group) is 1. The van der Waals surface area contributed by atoms with Crippen LogP contribution in [0.3, 0.4) is 0 Å². The standard InChI is InChI=1S/C15H27N3O/c1-5-16-12(4)11(3)15-17-14(18-19-15)13-8-6-7-10(2)9-13/h10-13,16H,5-9H2,1-4H3. The Morgan fingerprint density at radius 3 is 2.84 bits per heavy atom. The van der Waals surface area contributed by atoms with Crippen LogP contribution in [0.25, 0.3) is 0 Å². The normalized spacial score (nSPS) is 27.2. The third-order valence-electron chi connectivity index (χ3n) is 4.42. The lowest BCUT2D eigenvalue weighted by Crippen LogP contribution is -2.30. The van der Waals surface area contributed by atoms with Crippen LogP contribution in [0, 0.1) is 5.92 Å². The average molecular weight is 265 g/mol. The van der Waals surface area contributed by atoms with E-state index in [2.05, 4.69) is 43.2 Å². The first kappa shape index (κ1) is 14.5. The molecule has 1 aromatic rings. The highest BCUT2D eigenvalue weighted by Crippen LogP contribution is 2.35. The molecule has 4 atom stereocenters. The molecule has 108 valence electrons. The van der Waals surface area contributed by atoms with Gasteiger partial charge in [-0.3, -0.25) is 0 Å². The molecule has 0 amide bonds. The van der Waals surface area contributed by atoms with Crippen LogP contribution < -0.4 is 5.32 Å². The van der Waals surface area contributed by atoms with Gasteiger partial charge in [0.2, 0.25) is 5.89 Å². The molecule has 0 bridgehead atoms. The summed E-state index contributed by atoms with van der Waals surface area (Å²) in [6, 6.07) is 0.364. The van der Waals surface area contributed by atoms with Crippen LogP contribution in [0.2, 0.25) is 0 Å². The van der Waals surface area contributed by atoms with E-state index < -0.39 is 0 Å². The molecular formula is C15H27N3O. The number of nitrogens with zero attached hydrogens (tertiary/aromatic N) is 2. The molecule has 0 saturated heterocycles. The molecule has 19 heavy (non-hydrogen) atoms. The molecule has 1 aliphatic carbocycles. The highest BCUT2D eigenvalue weighted by molar-refractivity contribution is 5.02. The minimum absolute atomic E-state index is 0.266. The van der Waals surface area contributed by atoms with Gasteiger partial charge in [-0.1, -0.05) is 38.8 Å². The summed E-state index contributed by atoms with van der Waals surface area (Å²) in [4.78, 5) is 4.65.